The summed E-state index contributed by atoms with van der Waals surface area (Å²) in [5.74, 6) is -1.04. The molecule has 0 heterocycles. The van der Waals surface area contributed by atoms with E-state index < -0.39 is 11.8 Å². The molecule has 21 heavy (non-hydrogen) atoms. The van der Waals surface area contributed by atoms with Crippen molar-refractivity contribution in [2.45, 2.75) is 13.5 Å². The highest BCUT2D eigenvalue weighted by molar-refractivity contribution is 9.10. The Hall–Kier alpha value is -1.88. The van der Waals surface area contributed by atoms with Gasteiger partial charge in [0.2, 0.25) is 0 Å². The molecule has 0 atom stereocenters. The monoisotopic (exact) mass is 351 g/mol. The van der Waals surface area contributed by atoms with Gasteiger partial charge >= 0.3 is 5.97 Å². The normalized spacial score (nSPS) is 10.3. The van der Waals surface area contributed by atoms with Crippen LogP contribution in [0.15, 0.2) is 40.9 Å². The number of hydrogen-bond donors (Lipinski definition) is 1. The minimum Gasteiger partial charge on any atom is -0.465 e. The van der Waals surface area contributed by atoms with Crippen molar-refractivity contribution in [2.24, 2.45) is 0 Å². The van der Waals surface area contributed by atoms with E-state index in [2.05, 4.69) is 26.0 Å². The number of halogens is 2. The molecule has 1 N–H and O–H groups in total. The van der Waals surface area contributed by atoms with Gasteiger partial charge in [-0.3, -0.25) is 0 Å². The second-order valence-electron chi connectivity index (χ2n) is 4.62. The third-order valence-electron chi connectivity index (χ3n) is 3.11. The number of nitrogens with one attached hydrogen (secondary N) is 1. The summed E-state index contributed by atoms with van der Waals surface area (Å²) >= 11 is 3.48. The lowest BCUT2D eigenvalue weighted by atomic mass is 10.1. The van der Waals surface area contributed by atoms with Gasteiger partial charge in [-0.15, -0.1) is 0 Å². The Bertz CT molecular complexity index is 673. The number of methoxy groups -OCH3 is 1. The third kappa shape index (κ3) is 3.82. The summed E-state index contributed by atoms with van der Waals surface area (Å²) in [5.41, 5.74) is 2.92. The smallest absolute Gasteiger partial charge is 0.340 e. The SMILES string of the molecule is COC(=O)c1cc(F)ccc1NCc1ccc(C)c(Br)c1. The highest BCUT2D eigenvalue weighted by atomic mass is 79.9. The van der Waals surface area contributed by atoms with Gasteiger partial charge < -0.3 is 10.1 Å². The van der Waals surface area contributed by atoms with Crippen molar-refractivity contribution >= 4 is 27.6 Å². The molecule has 5 heteroatoms. The molecular weight excluding hydrogens is 337 g/mol. The summed E-state index contributed by atoms with van der Waals surface area (Å²) in [5, 5.41) is 3.13. The number of carbonyl (C=O) groups excluding carboxylic acids is 1. The number of benzene rings is 2. The zero-order valence-corrected chi connectivity index (χ0v) is 13.3. The van der Waals surface area contributed by atoms with Crippen molar-refractivity contribution in [3.8, 4) is 0 Å². The summed E-state index contributed by atoms with van der Waals surface area (Å²) in [6, 6.07) is 10.0. The summed E-state index contributed by atoms with van der Waals surface area (Å²) in [6.45, 7) is 2.53. The number of rotatable bonds is 4. The van der Waals surface area contributed by atoms with E-state index in [1.165, 1.54) is 25.3 Å². The van der Waals surface area contributed by atoms with Crippen molar-refractivity contribution < 1.29 is 13.9 Å². The second-order valence-corrected chi connectivity index (χ2v) is 5.47. The molecular formula is C16H15BrFNO2. The first-order chi connectivity index (χ1) is 10.0. The Morgan fingerprint density at radius 2 is 2.05 bits per heavy atom. The standard InChI is InChI=1S/C16H15BrFNO2/c1-10-3-4-11(7-14(10)17)9-19-15-6-5-12(18)8-13(15)16(20)21-2/h3-8,19H,9H2,1-2H3. The Morgan fingerprint density at radius 1 is 1.29 bits per heavy atom. The quantitative estimate of drug-likeness (QED) is 0.834. The van der Waals surface area contributed by atoms with Crippen LogP contribution in [0, 0.1) is 12.7 Å². The van der Waals surface area contributed by atoms with E-state index in [0.29, 0.717) is 12.2 Å². The average molecular weight is 352 g/mol. The first kappa shape index (κ1) is 15.5. The minimum atomic E-state index is -0.568. The fourth-order valence-electron chi connectivity index (χ4n) is 1.89. The van der Waals surface area contributed by atoms with E-state index in [4.69, 9.17) is 0 Å². The molecule has 0 amide bonds. The van der Waals surface area contributed by atoms with Crippen LogP contribution in [0.25, 0.3) is 0 Å². The van der Waals surface area contributed by atoms with Gasteiger partial charge in [0.25, 0.3) is 0 Å². The first-order valence-electron chi connectivity index (χ1n) is 6.38. The summed E-state index contributed by atoms with van der Waals surface area (Å²) < 4.78 is 19.0. The Kier molecular flexibility index (Phi) is 4.96. The molecule has 2 aromatic carbocycles. The molecule has 3 nitrogen and oxygen atoms in total. The van der Waals surface area contributed by atoms with Crippen molar-refractivity contribution in [3.05, 3.63) is 63.4 Å². The highest BCUT2D eigenvalue weighted by Crippen LogP contribution is 2.21. The van der Waals surface area contributed by atoms with Crippen LogP contribution in [0.2, 0.25) is 0 Å². The molecule has 110 valence electrons. The minimum absolute atomic E-state index is 0.184. The van der Waals surface area contributed by atoms with Crippen LogP contribution in [0.4, 0.5) is 10.1 Å². The van der Waals surface area contributed by atoms with Crippen LogP contribution >= 0.6 is 15.9 Å². The van der Waals surface area contributed by atoms with E-state index >= 15 is 0 Å². The Labute approximate surface area is 131 Å². The van der Waals surface area contributed by atoms with E-state index in [-0.39, 0.29) is 5.56 Å². The van der Waals surface area contributed by atoms with Crippen LogP contribution in [-0.2, 0) is 11.3 Å². The molecule has 0 radical (unpaired) electrons. The number of ether oxygens (including phenoxy) is 1. The van der Waals surface area contributed by atoms with Gasteiger partial charge in [0.15, 0.2) is 0 Å². The number of aryl methyl sites for hydroxylation is 1. The summed E-state index contributed by atoms with van der Waals surface area (Å²) in [4.78, 5) is 11.7. The van der Waals surface area contributed by atoms with Crippen LogP contribution in [0.1, 0.15) is 21.5 Å². The van der Waals surface area contributed by atoms with Gasteiger partial charge in [-0.25, -0.2) is 9.18 Å². The molecule has 0 spiro atoms. The van der Waals surface area contributed by atoms with Crippen LogP contribution in [0.3, 0.4) is 0 Å². The Morgan fingerprint density at radius 3 is 2.71 bits per heavy atom. The molecule has 0 aromatic heterocycles. The van der Waals surface area contributed by atoms with E-state index in [1.807, 2.05) is 25.1 Å². The predicted octanol–water partition coefficient (Wildman–Crippen LogP) is 4.30. The van der Waals surface area contributed by atoms with Gasteiger partial charge in [0.1, 0.15) is 5.82 Å². The molecule has 0 saturated heterocycles. The predicted molar refractivity (Wildman–Crippen MR) is 83.9 cm³/mol. The largest absolute Gasteiger partial charge is 0.465 e. The molecule has 0 bridgehead atoms. The summed E-state index contributed by atoms with van der Waals surface area (Å²) in [6.07, 6.45) is 0. The van der Waals surface area contributed by atoms with Gasteiger partial charge in [0, 0.05) is 16.7 Å². The first-order valence-corrected chi connectivity index (χ1v) is 7.17. The fourth-order valence-corrected chi connectivity index (χ4v) is 2.32. The zero-order valence-electron chi connectivity index (χ0n) is 11.7. The number of anilines is 1. The third-order valence-corrected chi connectivity index (χ3v) is 3.96. The van der Waals surface area contributed by atoms with Crippen molar-refractivity contribution in [2.75, 3.05) is 12.4 Å². The van der Waals surface area contributed by atoms with Crippen molar-refractivity contribution in [1.82, 2.24) is 0 Å². The molecule has 0 aliphatic rings. The number of esters is 1. The molecule has 2 rings (SSSR count). The lowest BCUT2D eigenvalue weighted by Gasteiger charge is -2.11. The molecule has 0 unspecified atom stereocenters. The molecule has 0 aliphatic carbocycles. The van der Waals surface area contributed by atoms with Crippen LogP contribution in [-0.4, -0.2) is 13.1 Å². The lowest BCUT2D eigenvalue weighted by Crippen LogP contribution is -2.09. The zero-order chi connectivity index (χ0) is 15.4. The highest BCUT2D eigenvalue weighted by Gasteiger charge is 2.13. The van der Waals surface area contributed by atoms with E-state index in [9.17, 15) is 9.18 Å². The second kappa shape index (κ2) is 6.72. The van der Waals surface area contributed by atoms with Gasteiger partial charge in [0.05, 0.1) is 12.7 Å². The molecule has 0 saturated carbocycles. The molecule has 2 aromatic rings. The van der Waals surface area contributed by atoms with Crippen molar-refractivity contribution in [3.63, 3.8) is 0 Å². The maximum absolute atomic E-state index is 13.3. The van der Waals surface area contributed by atoms with Crippen LogP contribution in [0.5, 0.6) is 0 Å². The number of carbonyl (C=O) groups is 1. The summed E-state index contributed by atoms with van der Waals surface area (Å²) in [7, 11) is 1.27. The maximum Gasteiger partial charge on any atom is 0.340 e. The molecule has 0 fully saturated rings. The van der Waals surface area contributed by atoms with E-state index in [0.717, 1.165) is 15.6 Å². The topological polar surface area (TPSA) is 38.3 Å². The maximum atomic E-state index is 13.3. The van der Waals surface area contributed by atoms with E-state index in [1.54, 1.807) is 0 Å². The number of hydrogen-bond acceptors (Lipinski definition) is 3. The Balaban J connectivity index is 2.19. The van der Waals surface area contributed by atoms with Gasteiger partial charge in [-0.05, 0) is 42.3 Å². The average Bonchev–Trinajstić information content (AvgIpc) is 2.48. The molecule has 0 aliphatic heterocycles. The lowest BCUT2D eigenvalue weighted by molar-refractivity contribution is 0.0601. The van der Waals surface area contributed by atoms with Crippen molar-refractivity contribution in [1.29, 1.82) is 0 Å². The van der Waals surface area contributed by atoms with Gasteiger partial charge in [-0.1, -0.05) is 28.1 Å². The fraction of sp³-hybridized carbons (Fsp3) is 0.188. The van der Waals surface area contributed by atoms with Gasteiger partial charge in [-0.2, -0.15) is 0 Å². The van der Waals surface area contributed by atoms with Crippen LogP contribution < -0.4 is 5.32 Å².